The molecular weight excluding hydrogens is 303 g/mol. The molecule has 1 atom stereocenters. The third-order valence-electron chi connectivity index (χ3n) is 4.82. The lowest BCUT2D eigenvalue weighted by atomic mass is 9.96. The fourth-order valence-electron chi connectivity index (χ4n) is 3.21. The highest BCUT2D eigenvalue weighted by atomic mass is 19.1. The third kappa shape index (κ3) is 3.42. The van der Waals surface area contributed by atoms with Crippen molar-refractivity contribution in [2.75, 3.05) is 16.8 Å². The van der Waals surface area contributed by atoms with E-state index in [0.29, 0.717) is 0 Å². The number of benzene rings is 2. The molecule has 1 aliphatic rings. The average molecular weight is 326 g/mol. The third-order valence-corrected chi connectivity index (χ3v) is 4.82. The zero-order valence-corrected chi connectivity index (χ0v) is 14.4. The van der Waals surface area contributed by atoms with Crippen LogP contribution in [0.1, 0.15) is 30.0 Å². The molecule has 1 heterocycles. The van der Waals surface area contributed by atoms with Crippen molar-refractivity contribution in [1.29, 1.82) is 0 Å². The van der Waals surface area contributed by atoms with E-state index in [1.165, 1.54) is 11.6 Å². The minimum Gasteiger partial charge on any atom is -0.359 e. The number of carbonyl (C=O) groups is 1. The molecule has 0 saturated heterocycles. The molecule has 0 spiro atoms. The summed E-state index contributed by atoms with van der Waals surface area (Å²) in [4.78, 5) is 14.5. The van der Waals surface area contributed by atoms with Gasteiger partial charge in [0.1, 0.15) is 5.82 Å². The number of carbonyl (C=O) groups excluding carboxylic acids is 1. The number of amides is 1. The predicted molar refractivity (Wildman–Crippen MR) is 96.1 cm³/mol. The van der Waals surface area contributed by atoms with Crippen molar-refractivity contribution in [3.8, 4) is 0 Å². The molecule has 0 aromatic heterocycles. The predicted octanol–water partition coefficient (Wildman–Crippen LogP) is 4.22. The zero-order valence-electron chi connectivity index (χ0n) is 14.4. The maximum atomic E-state index is 13.4. The summed E-state index contributed by atoms with van der Waals surface area (Å²) in [7, 11) is 0. The molecule has 24 heavy (non-hydrogen) atoms. The molecule has 0 radical (unpaired) electrons. The average Bonchev–Trinajstić information content (AvgIpc) is 2.53. The summed E-state index contributed by atoms with van der Waals surface area (Å²) < 4.78 is 13.4. The first-order chi connectivity index (χ1) is 11.4. The van der Waals surface area contributed by atoms with Gasteiger partial charge in [-0.05, 0) is 80.6 Å². The van der Waals surface area contributed by atoms with Crippen LogP contribution in [0, 0.1) is 19.7 Å². The van der Waals surface area contributed by atoms with Gasteiger partial charge in [-0.25, -0.2) is 4.39 Å². The summed E-state index contributed by atoms with van der Waals surface area (Å²) >= 11 is 0. The number of nitrogens with one attached hydrogen (secondary N) is 1. The van der Waals surface area contributed by atoms with E-state index < -0.39 is 0 Å². The molecule has 1 unspecified atom stereocenters. The smallest absolute Gasteiger partial charge is 0.243 e. The highest BCUT2D eigenvalue weighted by Gasteiger charge is 2.25. The van der Waals surface area contributed by atoms with Gasteiger partial charge >= 0.3 is 0 Å². The van der Waals surface area contributed by atoms with E-state index in [1.807, 2.05) is 32.0 Å². The molecule has 2 aromatic rings. The van der Waals surface area contributed by atoms with Crippen LogP contribution in [0.4, 0.5) is 15.8 Å². The Labute approximate surface area is 142 Å². The molecule has 3 nitrogen and oxygen atoms in total. The lowest BCUT2D eigenvalue weighted by molar-refractivity contribution is -0.115. The number of fused-ring (bicyclic) bond motifs is 1. The van der Waals surface area contributed by atoms with Crippen LogP contribution in [-0.4, -0.2) is 18.5 Å². The Balaban J connectivity index is 1.75. The van der Waals surface area contributed by atoms with Crippen molar-refractivity contribution in [2.45, 2.75) is 39.7 Å². The summed E-state index contributed by atoms with van der Waals surface area (Å²) in [6.07, 6.45) is 1.77. The lowest BCUT2D eigenvalue weighted by Gasteiger charge is -2.36. The Kier molecular flexibility index (Phi) is 4.56. The highest BCUT2D eigenvalue weighted by Crippen LogP contribution is 2.31. The molecular formula is C20H23FN2O. The SMILES string of the molecule is Cc1ccc(NC(=O)CN2c3ccc(F)cc3CCC2C)cc1C. The molecule has 0 saturated carbocycles. The maximum absolute atomic E-state index is 13.4. The Bertz CT molecular complexity index is 772. The Morgan fingerprint density at radius 3 is 2.75 bits per heavy atom. The summed E-state index contributed by atoms with van der Waals surface area (Å²) in [5.41, 5.74) is 5.11. The maximum Gasteiger partial charge on any atom is 0.243 e. The number of hydrogen-bond donors (Lipinski definition) is 1. The molecule has 4 heteroatoms. The zero-order chi connectivity index (χ0) is 17.3. The molecule has 3 rings (SSSR count). The van der Waals surface area contributed by atoms with E-state index >= 15 is 0 Å². The van der Waals surface area contributed by atoms with Crippen LogP contribution in [-0.2, 0) is 11.2 Å². The van der Waals surface area contributed by atoms with Gasteiger partial charge in [0.25, 0.3) is 0 Å². The van der Waals surface area contributed by atoms with Gasteiger partial charge in [-0.3, -0.25) is 4.79 Å². The second kappa shape index (κ2) is 6.63. The standard InChI is InChI=1S/C20H23FN2O/c1-13-4-8-18(10-14(13)2)22-20(24)12-23-15(3)5-6-16-11-17(21)7-9-19(16)23/h4,7-11,15H,5-6,12H2,1-3H3,(H,22,24). The molecule has 0 fully saturated rings. The van der Waals surface area contributed by atoms with Crippen molar-refractivity contribution in [3.05, 3.63) is 58.9 Å². The van der Waals surface area contributed by atoms with E-state index in [0.717, 1.165) is 35.3 Å². The van der Waals surface area contributed by atoms with Crippen LogP contribution in [0.2, 0.25) is 0 Å². The summed E-state index contributed by atoms with van der Waals surface area (Å²) in [5.74, 6) is -0.273. The van der Waals surface area contributed by atoms with Crippen LogP contribution in [0.3, 0.4) is 0 Å². The molecule has 0 aliphatic carbocycles. The van der Waals surface area contributed by atoms with Crippen LogP contribution in [0.15, 0.2) is 36.4 Å². The topological polar surface area (TPSA) is 32.3 Å². The molecule has 1 aliphatic heterocycles. The second-order valence-electron chi connectivity index (χ2n) is 6.64. The number of anilines is 2. The van der Waals surface area contributed by atoms with E-state index in [1.54, 1.807) is 12.1 Å². The number of aryl methyl sites for hydroxylation is 3. The normalized spacial score (nSPS) is 16.7. The molecule has 1 amide bonds. The van der Waals surface area contributed by atoms with E-state index in [4.69, 9.17) is 0 Å². The number of nitrogens with zero attached hydrogens (tertiary/aromatic N) is 1. The van der Waals surface area contributed by atoms with E-state index in [-0.39, 0.29) is 24.3 Å². The van der Waals surface area contributed by atoms with Crippen LogP contribution < -0.4 is 10.2 Å². The van der Waals surface area contributed by atoms with Gasteiger partial charge in [0.05, 0.1) is 6.54 Å². The minimum absolute atomic E-state index is 0.0534. The monoisotopic (exact) mass is 326 g/mol. The van der Waals surface area contributed by atoms with Gasteiger partial charge in [-0.1, -0.05) is 6.07 Å². The van der Waals surface area contributed by atoms with Gasteiger partial charge in [-0.2, -0.15) is 0 Å². The molecule has 126 valence electrons. The highest BCUT2D eigenvalue weighted by molar-refractivity contribution is 5.94. The van der Waals surface area contributed by atoms with Crippen molar-refractivity contribution in [3.63, 3.8) is 0 Å². The van der Waals surface area contributed by atoms with Crippen LogP contribution in [0.5, 0.6) is 0 Å². The Morgan fingerprint density at radius 1 is 1.21 bits per heavy atom. The van der Waals surface area contributed by atoms with Gasteiger partial charge in [0.2, 0.25) is 5.91 Å². The fourth-order valence-corrected chi connectivity index (χ4v) is 3.21. The van der Waals surface area contributed by atoms with Crippen molar-refractivity contribution in [1.82, 2.24) is 0 Å². The summed E-state index contributed by atoms with van der Waals surface area (Å²) in [6, 6.07) is 11.0. The van der Waals surface area contributed by atoms with Crippen LogP contribution >= 0.6 is 0 Å². The minimum atomic E-state index is -0.220. The van der Waals surface area contributed by atoms with Crippen LogP contribution in [0.25, 0.3) is 0 Å². The first-order valence-electron chi connectivity index (χ1n) is 8.36. The van der Waals surface area contributed by atoms with Gasteiger partial charge < -0.3 is 10.2 Å². The largest absolute Gasteiger partial charge is 0.359 e. The Hall–Kier alpha value is -2.36. The first-order valence-corrected chi connectivity index (χ1v) is 8.36. The molecule has 0 bridgehead atoms. The number of halogens is 1. The first kappa shape index (κ1) is 16.5. The Morgan fingerprint density at radius 2 is 2.00 bits per heavy atom. The number of rotatable bonds is 3. The lowest BCUT2D eigenvalue weighted by Crippen LogP contribution is -2.42. The fraction of sp³-hybridized carbons (Fsp3) is 0.350. The van der Waals surface area contributed by atoms with Gasteiger partial charge in [0.15, 0.2) is 0 Å². The summed E-state index contributed by atoms with van der Waals surface area (Å²) in [5, 5.41) is 2.97. The number of hydrogen-bond acceptors (Lipinski definition) is 2. The van der Waals surface area contributed by atoms with Gasteiger partial charge in [-0.15, -0.1) is 0 Å². The van der Waals surface area contributed by atoms with Crippen molar-refractivity contribution in [2.24, 2.45) is 0 Å². The van der Waals surface area contributed by atoms with E-state index in [9.17, 15) is 9.18 Å². The molecule has 2 aromatic carbocycles. The van der Waals surface area contributed by atoms with Gasteiger partial charge in [0, 0.05) is 17.4 Å². The van der Waals surface area contributed by atoms with Crippen molar-refractivity contribution >= 4 is 17.3 Å². The van der Waals surface area contributed by atoms with E-state index in [2.05, 4.69) is 17.1 Å². The second-order valence-corrected chi connectivity index (χ2v) is 6.64. The van der Waals surface area contributed by atoms with Crippen molar-refractivity contribution < 1.29 is 9.18 Å². The quantitative estimate of drug-likeness (QED) is 0.916. The summed E-state index contributed by atoms with van der Waals surface area (Å²) in [6.45, 7) is 6.46. The molecule has 1 N–H and O–H groups in total.